The van der Waals surface area contributed by atoms with Crippen LogP contribution in [-0.2, 0) is 10.3 Å². The molecule has 1 fully saturated rings. The molecular weight excluding hydrogens is 366 g/mol. The summed E-state index contributed by atoms with van der Waals surface area (Å²) in [6.07, 6.45) is 1.18. The van der Waals surface area contributed by atoms with Crippen LogP contribution in [0.4, 0.5) is 10.6 Å². The first kappa shape index (κ1) is 17.7. The molecule has 29 heavy (non-hydrogen) atoms. The summed E-state index contributed by atoms with van der Waals surface area (Å²) < 4.78 is 5.75. The SMILES string of the molecule is Cc1ccc2nc(NC(=O)N3CCC4(CC3)OC(=O)c3ccccc34)ccc2c1. The van der Waals surface area contributed by atoms with E-state index in [1.807, 2.05) is 49.4 Å². The lowest BCUT2D eigenvalue weighted by Gasteiger charge is -2.38. The Bertz CT molecular complexity index is 1130. The van der Waals surface area contributed by atoms with Crippen LogP contribution in [0.15, 0.2) is 54.6 Å². The van der Waals surface area contributed by atoms with Crippen LogP contribution in [-0.4, -0.2) is 35.0 Å². The van der Waals surface area contributed by atoms with Gasteiger partial charge >= 0.3 is 12.0 Å². The smallest absolute Gasteiger partial charge is 0.339 e. The number of likely N-dealkylation sites (tertiary alicyclic amines) is 1. The molecule has 2 aromatic carbocycles. The zero-order chi connectivity index (χ0) is 20.0. The maximum atomic E-state index is 12.7. The normalized spacial score (nSPS) is 17.3. The van der Waals surface area contributed by atoms with E-state index in [1.165, 1.54) is 5.56 Å². The van der Waals surface area contributed by atoms with Crippen molar-refractivity contribution in [2.24, 2.45) is 0 Å². The van der Waals surface area contributed by atoms with Gasteiger partial charge in [-0.2, -0.15) is 0 Å². The fourth-order valence-electron chi connectivity index (χ4n) is 4.29. The van der Waals surface area contributed by atoms with Crippen molar-refractivity contribution in [3.05, 3.63) is 71.3 Å². The number of pyridine rings is 1. The molecular formula is C23H21N3O3. The average Bonchev–Trinajstić information content (AvgIpc) is 3.00. The predicted octanol–water partition coefficient (Wildman–Crippen LogP) is 4.24. The number of aromatic nitrogens is 1. The number of benzene rings is 2. The van der Waals surface area contributed by atoms with E-state index in [2.05, 4.69) is 16.4 Å². The molecule has 5 rings (SSSR count). The van der Waals surface area contributed by atoms with Crippen LogP contribution >= 0.6 is 0 Å². The molecule has 3 aromatic rings. The number of piperidine rings is 1. The first-order valence-electron chi connectivity index (χ1n) is 9.80. The minimum Gasteiger partial charge on any atom is -0.450 e. The lowest BCUT2D eigenvalue weighted by atomic mass is 9.84. The van der Waals surface area contributed by atoms with Gasteiger partial charge in [-0.3, -0.25) is 5.32 Å². The fourth-order valence-corrected chi connectivity index (χ4v) is 4.29. The summed E-state index contributed by atoms with van der Waals surface area (Å²) in [5.41, 5.74) is 2.99. The first-order chi connectivity index (χ1) is 14.0. The highest BCUT2D eigenvalue weighted by Gasteiger charge is 2.47. The topological polar surface area (TPSA) is 71.5 Å². The van der Waals surface area contributed by atoms with E-state index in [4.69, 9.17) is 4.74 Å². The van der Waals surface area contributed by atoms with Gasteiger partial charge in [0.25, 0.3) is 0 Å². The first-order valence-corrected chi connectivity index (χ1v) is 9.80. The van der Waals surface area contributed by atoms with Gasteiger partial charge in [0.15, 0.2) is 0 Å². The summed E-state index contributed by atoms with van der Waals surface area (Å²) in [6, 6.07) is 17.2. The highest BCUT2D eigenvalue weighted by atomic mass is 16.6. The third-order valence-corrected chi connectivity index (χ3v) is 5.86. The Kier molecular flexibility index (Phi) is 4.01. The Morgan fingerprint density at radius 1 is 1.10 bits per heavy atom. The average molecular weight is 387 g/mol. The van der Waals surface area contributed by atoms with Gasteiger partial charge in [0, 0.05) is 36.9 Å². The molecule has 0 radical (unpaired) electrons. The monoisotopic (exact) mass is 387 g/mol. The molecule has 0 aliphatic carbocycles. The number of aryl methyl sites for hydroxylation is 1. The Balaban J connectivity index is 1.29. The lowest BCUT2D eigenvalue weighted by Crippen LogP contribution is -2.46. The fraction of sp³-hybridized carbons (Fsp3) is 0.261. The van der Waals surface area contributed by atoms with E-state index in [0.29, 0.717) is 37.3 Å². The molecule has 146 valence electrons. The number of rotatable bonds is 1. The van der Waals surface area contributed by atoms with Crippen molar-refractivity contribution in [1.82, 2.24) is 9.88 Å². The Morgan fingerprint density at radius 3 is 2.72 bits per heavy atom. The summed E-state index contributed by atoms with van der Waals surface area (Å²) in [4.78, 5) is 31.2. The zero-order valence-corrected chi connectivity index (χ0v) is 16.1. The number of carbonyl (C=O) groups excluding carboxylic acids is 2. The molecule has 3 heterocycles. The van der Waals surface area contributed by atoms with Crippen LogP contribution in [0, 0.1) is 6.92 Å². The summed E-state index contributed by atoms with van der Waals surface area (Å²) >= 11 is 0. The molecule has 0 atom stereocenters. The van der Waals surface area contributed by atoms with Gasteiger partial charge in [0.1, 0.15) is 11.4 Å². The van der Waals surface area contributed by atoms with E-state index in [1.54, 1.807) is 11.0 Å². The number of nitrogens with zero attached hydrogens (tertiary/aromatic N) is 2. The molecule has 1 spiro atoms. The van der Waals surface area contributed by atoms with E-state index in [0.717, 1.165) is 16.5 Å². The predicted molar refractivity (Wildman–Crippen MR) is 110 cm³/mol. The van der Waals surface area contributed by atoms with Crippen molar-refractivity contribution in [3.8, 4) is 0 Å². The number of nitrogens with one attached hydrogen (secondary N) is 1. The van der Waals surface area contributed by atoms with Gasteiger partial charge in [-0.15, -0.1) is 0 Å². The molecule has 0 saturated carbocycles. The Morgan fingerprint density at radius 2 is 1.90 bits per heavy atom. The molecule has 0 bridgehead atoms. The molecule has 2 aliphatic heterocycles. The molecule has 0 unspecified atom stereocenters. The maximum absolute atomic E-state index is 12.7. The number of carbonyl (C=O) groups is 2. The number of anilines is 1. The number of amides is 2. The van der Waals surface area contributed by atoms with Crippen LogP contribution in [0.3, 0.4) is 0 Å². The van der Waals surface area contributed by atoms with Gasteiger partial charge in [0.05, 0.1) is 11.1 Å². The van der Waals surface area contributed by atoms with Crippen molar-refractivity contribution >= 4 is 28.7 Å². The molecule has 6 nitrogen and oxygen atoms in total. The number of hydrogen-bond acceptors (Lipinski definition) is 4. The van der Waals surface area contributed by atoms with E-state index in [-0.39, 0.29) is 12.0 Å². The Hall–Kier alpha value is -3.41. The van der Waals surface area contributed by atoms with Crippen LogP contribution in [0.25, 0.3) is 10.9 Å². The van der Waals surface area contributed by atoms with Crippen molar-refractivity contribution in [2.45, 2.75) is 25.4 Å². The highest BCUT2D eigenvalue weighted by molar-refractivity contribution is 5.95. The third-order valence-electron chi connectivity index (χ3n) is 5.86. The van der Waals surface area contributed by atoms with Crippen LogP contribution in [0.2, 0.25) is 0 Å². The maximum Gasteiger partial charge on any atom is 0.339 e. The van der Waals surface area contributed by atoms with Crippen LogP contribution in [0.1, 0.15) is 34.3 Å². The van der Waals surface area contributed by atoms with Crippen molar-refractivity contribution in [2.75, 3.05) is 18.4 Å². The number of esters is 1. The molecule has 2 aliphatic rings. The zero-order valence-electron chi connectivity index (χ0n) is 16.1. The summed E-state index contributed by atoms with van der Waals surface area (Å²) in [6.45, 7) is 3.07. The van der Waals surface area contributed by atoms with Gasteiger partial charge < -0.3 is 9.64 Å². The Labute approximate surface area is 168 Å². The standard InChI is InChI=1S/C23H21N3O3/c1-15-6-8-19-16(14-15)7-9-20(24-19)25-22(28)26-12-10-23(11-13-26)18-5-3-2-4-17(18)21(27)29-23/h2-9,14H,10-13H2,1H3,(H,24,25,28). The van der Waals surface area contributed by atoms with E-state index < -0.39 is 5.60 Å². The van der Waals surface area contributed by atoms with Crippen molar-refractivity contribution in [3.63, 3.8) is 0 Å². The van der Waals surface area contributed by atoms with Gasteiger partial charge in [-0.1, -0.05) is 29.8 Å². The second-order valence-electron chi connectivity index (χ2n) is 7.74. The van der Waals surface area contributed by atoms with Gasteiger partial charge in [-0.25, -0.2) is 14.6 Å². The van der Waals surface area contributed by atoms with Gasteiger partial charge in [0.2, 0.25) is 0 Å². The molecule has 2 amide bonds. The third kappa shape index (κ3) is 3.01. The van der Waals surface area contributed by atoms with E-state index in [9.17, 15) is 9.59 Å². The molecule has 6 heteroatoms. The quantitative estimate of drug-likeness (QED) is 0.634. The number of fused-ring (bicyclic) bond motifs is 3. The van der Waals surface area contributed by atoms with Crippen LogP contribution < -0.4 is 5.32 Å². The summed E-state index contributed by atoms with van der Waals surface area (Å²) in [7, 11) is 0. The van der Waals surface area contributed by atoms with Gasteiger partial charge in [-0.05, 0) is 37.3 Å². The second kappa shape index (κ2) is 6.58. The molecule has 1 N–H and O–H groups in total. The largest absolute Gasteiger partial charge is 0.450 e. The van der Waals surface area contributed by atoms with Crippen molar-refractivity contribution in [1.29, 1.82) is 0 Å². The minimum atomic E-state index is -0.608. The second-order valence-corrected chi connectivity index (χ2v) is 7.74. The lowest BCUT2D eigenvalue weighted by molar-refractivity contribution is -0.0363. The number of ether oxygens (including phenoxy) is 1. The van der Waals surface area contributed by atoms with E-state index >= 15 is 0 Å². The number of hydrogen-bond donors (Lipinski definition) is 1. The molecule has 1 aromatic heterocycles. The highest BCUT2D eigenvalue weighted by Crippen LogP contribution is 2.43. The van der Waals surface area contributed by atoms with Crippen LogP contribution in [0.5, 0.6) is 0 Å². The minimum absolute atomic E-state index is 0.184. The summed E-state index contributed by atoms with van der Waals surface area (Å²) in [5, 5.41) is 3.94. The summed E-state index contributed by atoms with van der Waals surface area (Å²) in [5.74, 6) is 0.262. The van der Waals surface area contributed by atoms with Crippen molar-refractivity contribution < 1.29 is 14.3 Å². The molecule has 1 saturated heterocycles. The number of urea groups is 1.